The molecule has 1 saturated heterocycles. The average Bonchev–Trinajstić information content (AvgIpc) is 2.70. The number of hydrogen-bond acceptors (Lipinski definition) is 4. The molecule has 5 heteroatoms. The van der Waals surface area contributed by atoms with E-state index in [0.29, 0.717) is 24.9 Å². The molecule has 0 spiro atoms. The summed E-state index contributed by atoms with van der Waals surface area (Å²) in [7, 11) is 0. The highest BCUT2D eigenvalue weighted by Gasteiger charge is 2.25. The van der Waals surface area contributed by atoms with Gasteiger partial charge in [-0.1, -0.05) is 18.2 Å². The van der Waals surface area contributed by atoms with Crippen LogP contribution >= 0.6 is 0 Å². The summed E-state index contributed by atoms with van der Waals surface area (Å²) in [6, 6.07) is 7.72. The van der Waals surface area contributed by atoms with E-state index in [9.17, 15) is 9.90 Å². The topological polar surface area (TPSA) is 61.8 Å². The SMILES string of the molecule is CC(C)(C)OC(=O)N1CCCC(NCc2ccccc2O)CC1. The van der Waals surface area contributed by atoms with E-state index in [-0.39, 0.29) is 6.09 Å². The Bertz CT molecular complexity index is 525. The highest BCUT2D eigenvalue weighted by Crippen LogP contribution is 2.18. The molecule has 1 aromatic rings. The monoisotopic (exact) mass is 320 g/mol. The second-order valence-electron chi connectivity index (χ2n) is 7.10. The minimum Gasteiger partial charge on any atom is -0.508 e. The lowest BCUT2D eigenvalue weighted by Crippen LogP contribution is -2.38. The molecule has 0 aromatic heterocycles. The van der Waals surface area contributed by atoms with Crippen molar-refractivity contribution in [2.75, 3.05) is 13.1 Å². The van der Waals surface area contributed by atoms with Crippen molar-refractivity contribution in [3.05, 3.63) is 29.8 Å². The van der Waals surface area contributed by atoms with E-state index in [2.05, 4.69) is 5.32 Å². The van der Waals surface area contributed by atoms with Crippen molar-refractivity contribution < 1.29 is 14.6 Å². The Morgan fingerprint density at radius 3 is 2.74 bits per heavy atom. The second-order valence-corrected chi connectivity index (χ2v) is 7.10. The van der Waals surface area contributed by atoms with Crippen LogP contribution in [0.5, 0.6) is 5.75 Å². The van der Waals surface area contributed by atoms with E-state index in [1.165, 1.54) is 0 Å². The molecule has 1 amide bonds. The van der Waals surface area contributed by atoms with Gasteiger partial charge < -0.3 is 20.1 Å². The number of ether oxygens (including phenoxy) is 1. The Kier molecular flexibility index (Phi) is 5.88. The van der Waals surface area contributed by atoms with Crippen LogP contribution in [0.15, 0.2) is 24.3 Å². The molecule has 1 aliphatic heterocycles. The quantitative estimate of drug-likeness (QED) is 0.897. The first-order valence-corrected chi connectivity index (χ1v) is 8.33. The summed E-state index contributed by atoms with van der Waals surface area (Å²) < 4.78 is 5.45. The molecule has 1 aliphatic rings. The zero-order chi connectivity index (χ0) is 16.9. The van der Waals surface area contributed by atoms with E-state index >= 15 is 0 Å². The molecule has 0 radical (unpaired) electrons. The lowest BCUT2D eigenvalue weighted by atomic mass is 10.1. The number of nitrogens with zero attached hydrogens (tertiary/aromatic N) is 1. The van der Waals surface area contributed by atoms with Crippen molar-refractivity contribution in [3.63, 3.8) is 0 Å². The number of benzene rings is 1. The number of rotatable bonds is 3. The molecule has 1 fully saturated rings. The van der Waals surface area contributed by atoms with Crippen molar-refractivity contribution in [3.8, 4) is 5.75 Å². The van der Waals surface area contributed by atoms with E-state index in [1.54, 1.807) is 11.0 Å². The third-order valence-corrected chi connectivity index (χ3v) is 3.95. The van der Waals surface area contributed by atoms with Gasteiger partial charge in [-0.2, -0.15) is 0 Å². The number of aromatic hydroxyl groups is 1. The third kappa shape index (κ3) is 5.75. The predicted octanol–water partition coefficient (Wildman–Crippen LogP) is 3.27. The molecule has 1 heterocycles. The van der Waals surface area contributed by atoms with Gasteiger partial charge in [0, 0.05) is 31.2 Å². The number of carbonyl (C=O) groups is 1. The van der Waals surface area contributed by atoms with Gasteiger partial charge in [0.05, 0.1) is 0 Å². The molecule has 2 N–H and O–H groups in total. The zero-order valence-corrected chi connectivity index (χ0v) is 14.3. The maximum atomic E-state index is 12.1. The number of carbonyl (C=O) groups excluding carboxylic acids is 1. The molecule has 23 heavy (non-hydrogen) atoms. The van der Waals surface area contributed by atoms with Crippen LogP contribution in [0.25, 0.3) is 0 Å². The van der Waals surface area contributed by atoms with E-state index in [4.69, 9.17) is 4.74 Å². The molecule has 0 bridgehead atoms. The molecule has 1 unspecified atom stereocenters. The molecule has 1 aromatic carbocycles. The molecule has 128 valence electrons. The number of para-hydroxylation sites is 1. The number of phenols is 1. The van der Waals surface area contributed by atoms with Crippen molar-refractivity contribution >= 4 is 6.09 Å². The largest absolute Gasteiger partial charge is 0.508 e. The van der Waals surface area contributed by atoms with E-state index in [0.717, 1.165) is 31.4 Å². The van der Waals surface area contributed by atoms with Crippen LogP contribution in [-0.4, -0.2) is 40.8 Å². The first kappa shape index (κ1) is 17.6. The number of nitrogens with one attached hydrogen (secondary N) is 1. The van der Waals surface area contributed by atoms with Gasteiger partial charge in [0.15, 0.2) is 0 Å². The average molecular weight is 320 g/mol. The number of amides is 1. The van der Waals surface area contributed by atoms with E-state index in [1.807, 2.05) is 39.0 Å². The fourth-order valence-corrected chi connectivity index (χ4v) is 2.72. The lowest BCUT2D eigenvalue weighted by Gasteiger charge is -2.26. The molecule has 0 aliphatic carbocycles. The van der Waals surface area contributed by atoms with Gasteiger partial charge in [0.2, 0.25) is 0 Å². The van der Waals surface area contributed by atoms with Crippen LogP contribution in [0, 0.1) is 0 Å². The standard InChI is InChI=1S/C18H28N2O3/c1-18(2,3)23-17(22)20-11-6-8-15(10-12-20)19-13-14-7-4-5-9-16(14)21/h4-5,7,9,15,19,21H,6,8,10-13H2,1-3H3. The summed E-state index contributed by atoms with van der Waals surface area (Å²) in [5.74, 6) is 0.323. The zero-order valence-electron chi connectivity index (χ0n) is 14.3. The highest BCUT2D eigenvalue weighted by atomic mass is 16.6. The Labute approximate surface area is 138 Å². The summed E-state index contributed by atoms with van der Waals surface area (Å²) in [5, 5.41) is 13.3. The molecule has 5 nitrogen and oxygen atoms in total. The van der Waals surface area contributed by atoms with Crippen LogP contribution < -0.4 is 5.32 Å². The molecule has 0 saturated carbocycles. The Morgan fingerprint density at radius 2 is 2.04 bits per heavy atom. The maximum Gasteiger partial charge on any atom is 0.410 e. The summed E-state index contributed by atoms with van der Waals surface area (Å²) in [5.41, 5.74) is 0.451. The number of hydrogen-bond donors (Lipinski definition) is 2. The first-order chi connectivity index (χ1) is 10.8. The van der Waals surface area contributed by atoms with E-state index < -0.39 is 5.60 Å². The van der Waals surface area contributed by atoms with Crippen molar-refractivity contribution in [1.82, 2.24) is 10.2 Å². The van der Waals surface area contributed by atoms with Gasteiger partial charge in [-0.05, 0) is 46.1 Å². The first-order valence-electron chi connectivity index (χ1n) is 8.33. The number of likely N-dealkylation sites (tertiary alicyclic amines) is 1. The Balaban J connectivity index is 1.82. The van der Waals surface area contributed by atoms with Gasteiger partial charge in [-0.15, -0.1) is 0 Å². The van der Waals surface area contributed by atoms with Gasteiger partial charge >= 0.3 is 6.09 Å². The number of phenolic OH excluding ortho intramolecular Hbond substituents is 1. The van der Waals surface area contributed by atoms with Crippen molar-refractivity contribution in [1.29, 1.82) is 0 Å². The second kappa shape index (κ2) is 7.68. The summed E-state index contributed by atoms with van der Waals surface area (Å²) in [6.07, 6.45) is 2.65. The van der Waals surface area contributed by atoms with Gasteiger partial charge in [-0.25, -0.2) is 4.79 Å². The van der Waals surface area contributed by atoms with Gasteiger partial charge in [-0.3, -0.25) is 0 Å². The van der Waals surface area contributed by atoms with Crippen LogP contribution in [0.3, 0.4) is 0 Å². The lowest BCUT2D eigenvalue weighted by molar-refractivity contribution is 0.0256. The maximum absolute atomic E-state index is 12.1. The molecular formula is C18H28N2O3. The molecule has 1 atom stereocenters. The van der Waals surface area contributed by atoms with Gasteiger partial charge in [0.25, 0.3) is 0 Å². The highest BCUT2D eigenvalue weighted by molar-refractivity contribution is 5.68. The van der Waals surface area contributed by atoms with Crippen molar-refractivity contribution in [2.24, 2.45) is 0 Å². The predicted molar refractivity (Wildman–Crippen MR) is 90.4 cm³/mol. The fraction of sp³-hybridized carbons (Fsp3) is 0.611. The summed E-state index contributed by atoms with van der Waals surface area (Å²) >= 11 is 0. The van der Waals surface area contributed by atoms with Crippen LogP contribution in [0.1, 0.15) is 45.6 Å². The summed E-state index contributed by atoms with van der Waals surface area (Å²) in [4.78, 5) is 13.9. The van der Waals surface area contributed by atoms with Crippen LogP contribution in [0.4, 0.5) is 4.79 Å². The van der Waals surface area contributed by atoms with Crippen LogP contribution in [-0.2, 0) is 11.3 Å². The van der Waals surface area contributed by atoms with Gasteiger partial charge in [0.1, 0.15) is 11.4 Å². The van der Waals surface area contributed by atoms with Crippen molar-refractivity contribution in [2.45, 2.75) is 58.2 Å². The minimum absolute atomic E-state index is 0.223. The summed E-state index contributed by atoms with van der Waals surface area (Å²) in [6.45, 7) is 7.75. The fourth-order valence-electron chi connectivity index (χ4n) is 2.72. The molecular weight excluding hydrogens is 292 g/mol. The Hall–Kier alpha value is -1.75. The molecule has 2 rings (SSSR count). The van der Waals surface area contributed by atoms with Crippen LogP contribution in [0.2, 0.25) is 0 Å². The minimum atomic E-state index is -0.453. The normalized spacial score (nSPS) is 19.3. The Morgan fingerprint density at radius 1 is 1.30 bits per heavy atom. The smallest absolute Gasteiger partial charge is 0.410 e. The third-order valence-electron chi connectivity index (χ3n) is 3.95.